The fourth-order valence-corrected chi connectivity index (χ4v) is 1.67. The van der Waals surface area contributed by atoms with E-state index in [2.05, 4.69) is 0 Å². The van der Waals surface area contributed by atoms with Crippen LogP contribution in [-0.4, -0.2) is 22.2 Å². The zero-order valence-corrected chi connectivity index (χ0v) is 10.4. The number of rotatable bonds is 4. The molecule has 0 aliphatic rings. The highest BCUT2D eigenvalue weighted by atomic mass is 16.5. The van der Waals surface area contributed by atoms with Gasteiger partial charge in [-0.25, -0.2) is 9.59 Å². The number of esters is 1. The summed E-state index contributed by atoms with van der Waals surface area (Å²) >= 11 is 0. The average molecular weight is 272 g/mol. The number of carbonyl (C=O) groups excluding carboxylic acids is 1. The van der Waals surface area contributed by atoms with Crippen LogP contribution in [-0.2, 0) is 11.3 Å². The first kappa shape index (κ1) is 13.6. The molecule has 0 spiro atoms. The van der Waals surface area contributed by atoms with Crippen molar-refractivity contribution in [1.82, 2.24) is 0 Å². The van der Waals surface area contributed by atoms with Crippen molar-refractivity contribution in [3.8, 4) is 5.75 Å². The summed E-state index contributed by atoms with van der Waals surface area (Å²) in [7, 11) is 0. The van der Waals surface area contributed by atoms with Gasteiger partial charge in [-0.05, 0) is 29.8 Å². The number of aromatic carboxylic acids is 1. The summed E-state index contributed by atoms with van der Waals surface area (Å²) < 4.78 is 5.06. The van der Waals surface area contributed by atoms with Gasteiger partial charge in [-0.1, -0.05) is 24.3 Å². The normalized spacial score (nSPS) is 10.0. The standard InChI is InChI=1S/C15H12O5/c16-11-7-5-10(6-8-11)9-20-15(19)13-4-2-1-3-12(13)14(17)18/h1-8,16H,9H2,(H,17,18). The molecule has 5 nitrogen and oxygen atoms in total. The molecule has 2 rings (SSSR count). The van der Waals surface area contributed by atoms with Crippen molar-refractivity contribution in [3.63, 3.8) is 0 Å². The largest absolute Gasteiger partial charge is 0.508 e. The van der Waals surface area contributed by atoms with Crippen molar-refractivity contribution in [2.45, 2.75) is 6.61 Å². The Morgan fingerprint density at radius 3 is 2.15 bits per heavy atom. The second kappa shape index (κ2) is 5.88. The van der Waals surface area contributed by atoms with E-state index in [9.17, 15) is 9.59 Å². The van der Waals surface area contributed by atoms with E-state index < -0.39 is 11.9 Å². The lowest BCUT2D eigenvalue weighted by atomic mass is 10.1. The molecule has 0 saturated heterocycles. The van der Waals surface area contributed by atoms with Crippen LogP contribution in [0.25, 0.3) is 0 Å². The highest BCUT2D eigenvalue weighted by Gasteiger charge is 2.16. The molecule has 2 aromatic carbocycles. The van der Waals surface area contributed by atoms with Crippen LogP contribution >= 0.6 is 0 Å². The third kappa shape index (κ3) is 3.14. The molecule has 20 heavy (non-hydrogen) atoms. The quantitative estimate of drug-likeness (QED) is 0.835. The first-order chi connectivity index (χ1) is 9.58. The molecule has 0 radical (unpaired) electrons. The molecule has 0 fully saturated rings. The van der Waals surface area contributed by atoms with E-state index in [1.165, 1.54) is 24.3 Å². The number of ether oxygens (including phenoxy) is 1. The number of benzene rings is 2. The molecule has 2 N–H and O–H groups in total. The van der Waals surface area contributed by atoms with Crippen molar-refractivity contribution in [2.24, 2.45) is 0 Å². The Morgan fingerprint density at radius 1 is 0.950 bits per heavy atom. The van der Waals surface area contributed by atoms with Gasteiger partial charge < -0.3 is 14.9 Å². The Hall–Kier alpha value is -2.82. The fraction of sp³-hybridized carbons (Fsp3) is 0.0667. The van der Waals surface area contributed by atoms with Crippen LogP contribution in [0.4, 0.5) is 0 Å². The summed E-state index contributed by atoms with van der Waals surface area (Å²) in [6.45, 7) is 0.00701. The Kier molecular flexibility index (Phi) is 4.00. The van der Waals surface area contributed by atoms with Crippen molar-refractivity contribution in [1.29, 1.82) is 0 Å². The third-order valence-electron chi connectivity index (χ3n) is 2.68. The maximum Gasteiger partial charge on any atom is 0.339 e. The van der Waals surface area contributed by atoms with E-state index in [-0.39, 0.29) is 23.5 Å². The lowest BCUT2D eigenvalue weighted by Crippen LogP contribution is -2.11. The van der Waals surface area contributed by atoms with Crippen LogP contribution in [0.15, 0.2) is 48.5 Å². The summed E-state index contributed by atoms with van der Waals surface area (Å²) in [5.74, 6) is -1.76. The molecule has 0 saturated carbocycles. The molecular formula is C15H12O5. The molecule has 0 aromatic heterocycles. The van der Waals surface area contributed by atoms with Gasteiger partial charge >= 0.3 is 11.9 Å². The molecule has 0 heterocycles. The number of aromatic hydroxyl groups is 1. The fourth-order valence-electron chi connectivity index (χ4n) is 1.67. The van der Waals surface area contributed by atoms with E-state index in [1.807, 2.05) is 0 Å². The molecular weight excluding hydrogens is 260 g/mol. The second-order valence-corrected chi connectivity index (χ2v) is 4.09. The summed E-state index contributed by atoms with van der Waals surface area (Å²) in [5, 5.41) is 18.1. The van der Waals surface area contributed by atoms with Gasteiger partial charge in [-0.3, -0.25) is 0 Å². The van der Waals surface area contributed by atoms with Crippen molar-refractivity contribution in [3.05, 3.63) is 65.2 Å². The number of carboxylic acids is 1. The van der Waals surface area contributed by atoms with Crippen LogP contribution < -0.4 is 0 Å². The zero-order chi connectivity index (χ0) is 14.5. The van der Waals surface area contributed by atoms with Gasteiger partial charge in [0.1, 0.15) is 12.4 Å². The smallest absolute Gasteiger partial charge is 0.339 e. The van der Waals surface area contributed by atoms with Crippen molar-refractivity contribution < 1.29 is 24.5 Å². The highest BCUT2D eigenvalue weighted by Crippen LogP contribution is 2.14. The minimum absolute atomic E-state index is 0.00701. The predicted molar refractivity (Wildman–Crippen MR) is 70.6 cm³/mol. The van der Waals surface area contributed by atoms with E-state index in [4.69, 9.17) is 14.9 Å². The van der Waals surface area contributed by atoms with Crippen molar-refractivity contribution >= 4 is 11.9 Å². The van der Waals surface area contributed by atoms with E-state index in [0.717, 1.165) is 0 Å². The van der Waals surface area contributed by atoms with Gasteiger partial charge in [0.2, 0.25) is 0 Å². The Labute approximate surface area is 115 Å². The second-order valence-electron chi connectivity index (χ2n) is 4.09. The summed E-state index contributed by atoms with van der Waals surface area (Å²) in [4.78, 5) is 22.9. The van der Waals surface area contributed by atoms with Gasteiger partial charge in [0, 0.05) is 0 Å². The predicted octanol–water partition coefficient (Wildman–Crippen LogP) is 2.45. The molecule has 5 heteroatoms. The summed E-state index contributed by atoms with van der Waals surface area (Å²) in [6.07, 6.45) is 0. The van der Waals surface area contributed by atoms with Crippen molar-refractivity contribution in [2.75, 3.05) is 0 Å². The highest BCUT2D eigenvalue weighted by molar-refractivity contribution is 6.02. The SMILES string of the molecule is O=C(O)c1ccccc1C(=O)OCc1ccc(O)cc1. The Balaban J connectivity index is 2.09. The van der Waals surface area contributed by atoms with Crippen LogP contribution in [0.2, 0.25) is 0 Å². The molecule has 0 amide bonds. The Morgan fingerprint density at radius 2 is 1.55 bits per heavy atom. The number of carbonyl (C=O) groups is 2. The Bertz CT molecular complexity index is 631. The lowest BCUT2D eigenvalue weighted by molar-refractivity contribution is 0.0463. The number of hydrogen-bond donors (Lipinski definition) is 2. The van der Waals surface area contributed by atoms with E-state index >= 15 is 0 Å². The summed E-state index contributed by atoms with van der Waals surface area (Å²) in [5.41, 5.74) is 0.617. The van der Waals surface area contributed by atoms with Gasteiger partial charge in [-0.2, -0.15) is 0 Å². The maximum atomic E-state index is 11.9. The van der Waals surface area contributed by atoms with Gasteiger partial charge in [0.05, 0.1) is 11.1 Å². The molecule has 2 aromatic rings. The number of phenolic OH excluding ortho intramolecular Hbond substituents is 1. The molecule has 0 atom stereocenters. The van der Waals surface area contributed by atoms with Gasteiger partial charge in [0.25, 0.3) is 0 Å². The minimum atomic E-state index is -1.18. The first-order valence-corrected chi connectivity index (χ1v) is 5.85. The minimum Gasteiger partial charge on any atom is -0.508 e. The summed E-state index contributed by atoms with van der Waals surface area (Å²) in [6, 6.07) is 12.1. The third-order valence-corrected chi connectivity index (χ3v) is 2.68. The first-order valence-electron chi connectivity index (χ1n) is 5.85. The van der Waals surface area contributed by atoms with Crippen LogP contribution in [0.1, 0.15) is 26.3 Å². The number of hydrogen-bond acceptors (Lipinski definition) is 4. The van der Waals surface area contributed by atoms with E-state index in [0.29, 0.717) is 5.56 Å². The topological polar surface area (TPSA) is 83.8 Å². The van der Waals surface area contributed by atoms with Crippen LogP contribution in [0.3, 0.4) is 0 Å². The molecule has 0 aliphatic heterocycles. The monoisotopic (exact) mass is 272 g/mol. The maximum absolute atomic E-state index is 11.9. The molecule has 102 valence electrons. The molecule has 0 bridgehead atoms. The van der Waals surface area contributed by atoms with E-state index in [1.54, 1.807) is 24.3 Å². The number of carboxylic acid groups (broad SMARTS) is 1. The van der Waals surface area contributed by atoms with Gasteiger partial charge in [0.15, 0.2) is 0 Å². The zero-order valence-electron chi connectivity index (χ0n) is 10.4. The van der Waals surface area contributed by atoms with Crippen LogP contribution in [0.5, 0.6) is 5.75 Å². The average Bonchev–Trinajstić information content (AvgIpc) is 2.46. The number of phenols is 1. The lowest BCUT2D eigenvalue weighted by Gasteiger charge is -2.07. The molecule has 0 unspecified atom stereocenters. The van der Waals surface area contributed by atoms with Gasteiger partial charge in [-0.15, -0.1) is 0 Å². The van der Waals surface area contributed by atoms with Crippen LogP contribution in [0, 0.1) is 0 Å². The molecule has 0 aliphatic carbocycles.